The molecule has 26 heavy (non-hydrogen) atoms. The van der Waals surface area contributed by atoms with E-state index in [0.717, 1.165) is 18.5 Å². The first-order chi connectivity index (χ1) is 12.7. The summed E-state index contributed by atoms with van der Waals surface area (Å²) in [7, 11) is 1.59. The highest BCUT2D eigenvalue weighted by molar-refractivity contribution is 7.09. The van der Waals surface area contributed by atoms with Gasteiger partial charge in [0.05, 0.1) is 13.2 Å². The van der Waals surface area contributed by atoms with Crippen LogP contribution >= 0.6 is 11.3 Å². The highest BCUT2D eigenvalue weighted by atomic mass is 32.1. The lowest BCUT2D eigenvalue weighted by Gasteiger charge is -2.21. The zero-order chi connectivity index (χ0) is 18.4. The van der Waals surface area contributed by atoms with Gasteiger partial charge in [-0.05, 0) is 25.0 Å². The van der Waals surface area contributed by atoms with E-state index in [-0.39, 0.29) is 11.9 Å². The number of rotatable bonds is 8. The maximum absolute atomic E-state index is 12.6. The third-order valence-corrected chi connectivity index (χ3v) is 4.73. The van der Waals surface area contributed by atoms with E-state index in [1.165, 1.54) is 11.3 Å². The zero-order valence-electron chi connectivity index (χ0n) is 14.6. The van der Waals surface area contributed by atoms with E-state index in [1.54, 1.807) is 17.4 Å². The standard InChI is InChI=1S/C18H22N4O3S/c1-25-10-9-22(18(24)20-13-5-3-2-4-6-13)11-16-21-15(12-26-16)17(23)19-14-7-8-14/h2-6,12,14H,7-11H2,1H3,(H,19,23)(H,20,24). The average molecular weight is 374 g/mol. The van der Waals surface area contributed by atoms with Crippen LogP contribution in [0.2, 0.25) is 0 Å². The van der Waals surface area contributed by atoms with Crippen molar-refractivity contribution in [3.63, 3.8) is 0 Å². The number of para-hydroxylation sites is 1. The molecule has 0 atom stereocenters. The van der Waals surface area contributed by atoms with Gasteiger partial charge in [0.1, 0.15) is 10.7 Å². The number of amides is 3. The van der Waals surface area contributed by atoms with Crippen LogP contribution in [0.4, 0.5) is 10.5 Å². The second-order valence-electron chi connectivity index (χ2n) is 6.08. The maximum atomic E-state index is 12.6. The van der Waals surface area contributed by atoms with Crippen molar-refractivity contribution in [3.8, 4) is 0 Å². The summed E-state index contributed by atoms with van der Waals surface area (Å²) in [4.78, 5) is 30.6. The van der Waals surface area contributed by atoms with E-state index in [4.69, 9.17) is 4.74 Å². The first kappa shape index (κ1) is 18.3. The first-order valence-electron chi connectivity index (χ1n) is 8.51. The highest BCUT2D eigenvalue weighted by Crippen LogP contribution is 2.20. The molecule has 3 amide bonds. The molecule has 3 rings (SSSR count). The smallest absolute Gasteiger partial charge is 0.322 e. The summed E-state index contributed by atoms with van der Waals surface area (Å²) >= 11 is 1.38. The van der Waals surface area contributed by atoms with Crippen molar-refractivity contribution in [3.05, 3.63) is 46.4 Å². The molecule has 1 aromatic carbocycles. The van der Waals surface area contributed by atoms with Crippen molar-refractivity contribution in [2.75, 3.05) is 25.6 Å². The monoisotopic (exact) mass is 374 g/mol. The number of hydrogen-bond acceptors (Lipinski definition) is 5. The van der Waals surface area contributed by atoms with Crippen LogP contribution in [0.1, 0.15) is 28.3 Å². The zero-order valence-corrected chi connectivity index (χ0v) is 15.4. The molecule has 1 aromatic heterocycles. The maximum Gasteiger partial charge on any atom is 0.322 e. The topological polar surface area (TPSA) is 83.6 Å². The Bertz CT molecular complexity index is 746. The number of thiazole rings is 1. The molecular formula is C18H22N4O3S. The third kappa shape index (κ3) is 5.27. The number of nitrogens with zero attached hydrogens (tertiary/aromatic N) is 2. The predicted octanol–water partition coefficient (Wildman–Crippen LogP) is 2.72. The van der Waals surface area contributed by atoms with Crippen LogP contribution in [0.5, 0.6) is 0 Å². The summed E-state index contributed by atoms with van der Waals surface area (Å²) < 4.78 is 5.10. The highest BCUT2D eigenvalue weighted by Gasteiger charge is 2.25. The van der Waals surface area contributed by atoms with Crippen molar-refractivity contribution in [1.82, 2.24) is 15.2 Å². The van der Waals surface area contributed by atoms with E-state index in [1.807, 2.05) is 30.3 Å². The van der Waals surface area contributed by atoms with Crippen LogP contribution in [-0.4, -0.2) is 48.1 Å². The van der Waals surface area contributed by atoms with Gasteiger partial charge in [-0.15, -0.1) is 11.3 Å². The minimum atomic E-state index is -0.229. The van der Waals surface area contributed by atoms with E-state index in [0.29, 0.717) is 36.4 Å². The Hall–Kier alpha value is -2.45. The average Bonchev–Trinajstić information content (AvgIpc) is 3.33. The Labute approximate surface area is 156 Å². The van der Waals surface area contributed by atoms with Gasteiger partial charge in [0.25, 0.3) is 5.91 Å². The number of benzene rings is 1. The van der Waals surface area contributed by atoms with E-state index >= 15 is 0 Å². The number of ether oxygens (including phenoxy) is 1. The molecule has 0 radical (unpaired) electrons. The molecule has 1 saturated carbocycles. The number of carbonyl (C=O) groups is 2. The van der Waals surface area contributed by atoms with Crippen molar-refractivity contribution < 1.29 is 14.3 Å². The number of anilines is 1. The fraction of sp³-hybridized carbons (Fsp3) is 0.389. The van der Waals surface area contributed by atoms with Gasteiger partial charge in [0.15, 0.2) is 0 Å². The van der Waals surface area contributed by atoms with Crippen LogP contribution in [-0.2, 0) is 11.3 Å². The van der Waals surface area contributed by atoms with E-state index in [2.05, 4.69) is 15.6 Å². The molecule has 7 nitrogen and oxygen atoms in total. The Morgan fingerprint density at radius 2 is 2.08 bits per heavy atom. The SMILES string of the molecule is COCCN(Cc1nc(C(=O)NC2CC2)cs1)C(=O)Nc1ccccc1. The first-order valence-corrected chi connectivity index (χ1v) is 9.39. The predicted molar refractivity (Wildman–Crippen MR) is 100 cm³/mol. The quantitative estimate of drug-likeness (QED) is 0.744. The summed E-state index contributed by atoms with van der Waals surface area (Å²) in [6.45, 7) is 1.17. The summed E-state index contributed by atoms with van der Waals surface area (Å²) in [5.41, 5.74) is 1.13. The molecule has 0 bridgehead atoms. The van der Waals surface area contributed by atoms with Crippen molar-refractivity contribution >= 4 is 29.0 Å². The number of aromatic nitrogens is 1. The van der Waals surface area contributed by atoms with Crippen LogP contribution in [0.15, 0.2) is 35.7 Å². The third-order valence-electron chi connectivity index (χ3n) is 3.90. The Balaban J connectivity index is 1.62. The molecule has 1 fully saturated rings. The van der Waals surface area contributed by atoms with Crippen LogP contribution in [0, 0.1) is 0 Å². The summed E-state index contributed by atoms with van der Waals surface area (Å²) in [6, 6.07) is 9.34. The van der Waals surface area contributed by atoms with Crippen LogP contribution in [0.25, 0.3) is 0 Å². The number of hydrogen-bond donors (Lipinski definition) is 2. The molecule has 0 unspecified atom stereocenters. The van der Waals surface area contributed by atoms with Crippen LogP contribution in [0.3, 0.4) is 0 Å². The molecule has 1 aliphatic rings. The van der Waals surface area contributed by atoms with Crippen molar-refractivity contribution in [2.45, 2.75) is 25.4 Å². The number of carbonyl (C=O) groups excluding carboxylic acids is 2. The van der Waals surface area contributed by atoms with Gasteiger partial charge in [-0.25, -0.2) is 9.78 Å². The molecule has 0 spiro atoms. The number of methoxy groups -OCH3 is 1. The number of urea groups is 1. The summed E-state index contributed by atoms with van der Waals surface area (Å²) in [5, 5.41) is 8.23. The summed E-state index contributed by atoms with van der Waals surface area (Å²) in [6.07, 6.45) is 2.07. The fourth-order valence-corrected chi connectivity index (χ4v) is 3.10. The van der Waals surface area contributed by atoms with Crippen molar-refractivity contribution in [2.24, 2.45) is 0 Å². The Morgan fingerprint density at radius 3 is 2.77 bits per heavy atom. The van der Waals surface area contributed by atoms with Gasteiger partial charge in [-0.2, -0.15) is 0 Å². The molecule has 138 valence electrons. The lowest BCUT2D eigenvalue weighted by molar-refractivity contribution is 0.0946. The van der Waals surface area contributed by atoms with Gasteiger partial charge >= 0.3 is 6.03 Å². The minimum absolute atomic E-state index is 0.146. The molecule has 2 N–H and O–H groups in total. The normalized spacial score (nSPS) is 13.3. The fourth-order valence-electron chi connectivity index (χ4n) is 2.32. The largest absolute Gasteiger partial charge is 0.383 e. The molecule has 1 heterocycles. The van der Waals surface area contributed by atoms with Crippen molar-refractivity contribution in [1.29, 1.82) is 0 Å². The molecule has 0 aliphatic heterocycles. The molecule has 1 aliphatic carbocycles. The van der Waals surface area contributed by atoms with E-state index < -0.39 is 0 Å². The molecular weight excluding hydrogens is 352 g/mol. The van der Waals surface area contributed by atoms with Gasteiger partial charge in [0, 0.05) is 30.8 Å². The second-order valence-corrected chi connectivity index (χ2v) is 7.03. The minimum Gasteiger partial charge on any atom is -0.383 e. The van der Waals surface area contributed by atoms with Crippen LogP contribution < -0.4 is 10.6 Å². The lowest BCUT2D eigenvalue weighted by Crippen LogP contribution is -2.36. The molecule has 8 heteroatoms. The molecule has 2 aromatic rings. The molecule has 0 saturated heterocycles. The van der Waals surface area contributed by atoms with E-state index in [9.17, 15) is 9.59 Å². The number of nitrogens with one attached hydrogen (secondary N) is 2. The summed E-state index contributed by atoms with van der Waals surface area (Å²) in [5.74, 6) is -0.146. The Kier molecular flexibility index (Phi) is 6.19. The Morgan fingerprint density at radius 1 is 1.31 bits per heavy atom. The van der Waals surface area contributed by atoms with Gasteiger partial charge in [-0.3, -0.25) is 4.79 Å². The second kappa shape index (κ2) is 8.77. The van der Waals surface area contributed by atoms with Gasteiger partial charge in [0.2, 0.25) is 0 Å². The van der Waals surface area contributed by atoms with Gasteiger partial charge < -0.3 is 20.3 Å². The van der Waals surface area contributed by atoms with Gasteiger partial charge in [-0.1, -0.05) is 18.2 Å². The lowest BCUT2D eigenvalue weighted by atomic mass is 10.3.